The highest BCUT2D eigenvalue weighted by molar-refractivity contribution is 9.10. The van der Waals surface area contributed by atoms with Crippen LogP contribution in [-0.2, 0) is 4.79 Å². The van der Waals surface area contributed by atoms with Gasteiger partial charge in [-0.1, -0.05) is 23.7 Å². The normalized spacial score (nSPS) is 10.3. The molecule has 0 unspecified atom stereocenters. The highest BCUT2D eigenvalue weighted by atomic mass is 79.9. The van der Waals surface area contributed by atoms with Gasteiger partial charge in [0, 0.05) is 11.5 Å². The van der Waals surface area contributed by atoms with Crippen LogP contribution < -0.4 is 5.32 Å². The number of carbonyl (C=O) groups is 2. The number of hydrogen-bond donors (Lipinski definition) is 1. The molecule has 0 aliphatic heterocycles. The summed E-state index contributed by atoms with van der Waals surface area (Å²) in [5, 5.41) is 2.71. The van der Waals surface area contributed by atoms with Crippen molar-refractivity contribution in [3.63, 3.8) is 0 Å². The molecule has 2 aromatic carbocycles. The van der Waals surface area contributed by atoms with Crippen LogP contribution in [0.15, 0.2) is 46.9 Å². The number of hydrogen-bond acceptors (Lipinski definition) is 2. The predicted octanol–water partition coefficient (Wildman–Crippen LogP) is 3.95. The molecule has 2 rings (SSSR count). The molecule has 0 saturated heterocycles. The molecule has 1 N–H and O–H groups in total. The summed E-state index contributed by atoms with van der Waals surface area (Å²) in [5.41, 5.74) is 0.752. The SMILES string of the molecule is CN(CC(=O)Nc1ccccc1Br)C(=O)c1ccc(F)cc1Cl. The molecule has 2 aromatic rings. The Kier molecular flexibility index (Phi) is 5.74. The Morgan fingerprint density at radius 3 is 2.61 bits per heavy atom. The van der Waals surface area contributed by atoms with E-state index >= 15 is 0 Å². The van der Waals surface area contributed by atoms with Gasteiger partial charge < -0.3 is 10.2 Å². The molecule has 120 valence electrons. The second kappa shape index (κ2) is 7.57. The van der Waals surface area contributed by atoms with Crippen LogP contribution in [0.2, 0.25) is 5.02 Å². The molecular weight excluding hydrogens is 387 g/mol. The number of para-hydroxylation sites is 1. The van der Waals surface area contributed by atoms with E-state index in [0.717, 1.165) is 16.6 Å². The molecule has 0 spiro atoms. The minimum Gasteiger partial charge on any atom is -0.332 e. The van der Waals surface area contributed by atoms with Crippen molar-refractivity contribution >= 4 is 45.0 Å². The van der Waals surface area contributed by atoms with E-state index in [1.165, 1.54) is 18.0 Å². The first-order valence-electron chi connectivity index (χ1n) is 6.63. The molecule has 0 heterocycles. The van der Waals surface area contributed by atoms with Crippen LogP contribution in [-0.4, -0.2) is 30.3 Å². The summed E-state index contributed by atoms with van der Waals surface area (Å²) in [7, 11) is 1.47. The zero-order chi connectivity index (χ0) is 17.0. The van der Waals surface area contributed by atoms with E-state index in [0.29, 0.717) is 5.69 Å². The van der Waals surface area contributed by atoms with Gasteiger partial charge in [0.15, 0.2) is 0 Å². The Morgan fingerprint density at radius 1 is 1.26 bits per heavy atom. The fourth-order valence-corrected chi connectivity index (χ4v) is 2.54. The first-order valence-corrected chi connectivity index (χ1v) is 7.80. The molecule has 0 bridgehead atoms. The topological polar surface area (TPSA) is 49.4 Å². The summed E-state index contributed by atoms with van der Waals surface area (Å²) in [4.78, 5) is 25.5. The summed E-state index contributed by atoms with van der Waals surface area (Å²) in [6, 6.07) is 10.6. The van der Waals surface area contributed by atoms with Crippen molar-refractivity contribution in [2.45, 2.75) is 0 Å². The summed E-state index contributed by atoms with van der Waals surface area (Å²) < 4.78 is 13.8. The van der Waals surface area contributed by atoms with Gasteiger partial charge in [-0.05, 0) is 46.3 Å². The average molecular weight is 400 g/mol. The van der Waals surface area contributed by atoms with Gasteiger partial charge in [0.1, 0.15) is 5.82 Å². The Morgan fingerprint density at radius 2 is 1.96 bits per heavy atom. The van der Waals surface area contributed by atoms with Crippen molar-refractivity contribution in [3.8, 4) is 0 Å². The second-order valence-electron chi connectivity index (χ2n) is 4.81. The number of carbonyl (C=O) groups excluding carboxylic acids is 2. The lowest BCUT2D eigenvalue weighted by Crippen LogP contribution is -2.35. The Hall–Kier alpha value is -1.92. The maximum absolute atomic E-state index is 13.0. The van der Waals surface area contributed by atoms with E-state index in [-0.39, 0.29) is 23.0 Å². The molecule has 0 aliphatic carbocycles. The number of nitrogens with zero attached hydrogens (tertiary/aromatic N) is 1. The first-order chi connectivity index (χ1) is 10.9. The standard InChI is InChI=1S/C16H13BrClFN2O2/c1-21(16(23)11-7-6-10(19)8-13(11)18)9-15(22)20-14-5-3-2-4-12(14)17/h2-8H,9H2,1H3,(H,20,22). The van der Waals surface area contributed by atoms with Crippen LogP contribution in [0.4, 0.5) is 10.1 Å². The third-order valence-electron chi connectivity index (χ3n) is 3.04. The lowest BCUT2D eigenvalue weighted by molar-refractivity contribution is -0.116. The summed E-state index contributed by atoms with van der Waals surface area (Å²) in [5.74, 6) is -1.34. The number of anilines is 1. The average Bonchev–Trinajstić information content (AvgIpc) is 2.49. The molecular formula is C16H13BrClFN2O2. The molecule has 0 aliphatic rings. The maximum Gasteiger partial charge on any atom is 0.255 e. The van der Waals surface area contributed by atoms with Crippen molar-refractivity contribution in [1.29, 1.82) is 0 Å². The van der Waals surface area contributed by atoms with Gasteiger partial charge in [-0.25, -0.2) is 4.39 Å². The van der Waals surface area contributed by atoms with Crippen LogP contribution in [0.25, 0.3) is 0 Å². The number of likely N-dealkylation sites (N-methyl/N-ethyl adjacent to an activating group) is 1. The monoisotopic (exact) mass is 398 g/mol. The Labute approximate surface area is 146 Å². The van der Waals surface area contributed by atoms with Crippen molar-refractivity contribution in [2.75, 3.05) is 18.9 Å². The van der Waals surface area contributed by atoms with Crippen molar-refractivity contribution in [3.05, 3.63) is 63.3 Å². The lowest BCUT2D eigenvalue weighted by atomic mass is 10.2. The largest absolute Gasteiger partial charge is 0.332 e. The van der Waals surface area contributed by atoms with Gasteiger partial charge in [-0.2, -0.15) is 0 Å². The van der Waals surface area contributed by atoms with Gasteiger partial charge in [-0.3, -0.25) is 9.59 Å². The number of halogens is 3. The maximum atomic E-state index is 13.0. The Bertz CT molecular complexity index is 755. The number of benzene rings is 2. The van der Waals surface area contributed by atoms with Crippen molar-refractivity contribution in [2.24, 2.45) is 0 Å². The molecule has 7 heteroatoms. The fourth-order valence-electron chi connectivity index (χ4n) is 1.91. The highest BCUT2D eigenvalue weighted by Gasteiger charge is 2.18. The first kappa shape index (κ1) is 17.4. The highest BCUT2D eigenvalue weighted by Crippen LogP contribution is 2.21. The molecule has 0 saturated carbocycles. The Balaban J connectivity index is 2.03. The zero-order valence-electron chi connectivity index (χ0n) is 12.1. The number of rotatable bonds is 4. The van der Waals surface area contributed by atoms with E-state index < -0.39 is 11.7 Å². The van der Waals surface area contributed by atoms with Crippen LogP contribution >= 0.6 is 27.5 Å². The van der Waals surface area contributed by atoms with E-state index in [2.05, 4.69) is 21.2 Å². The van der Waals surface area contributed by atoms with E-state index in [4.69, 9.17) is 11.6 Å². The molecule has 0 atom stereocenters. The smallest absolute Gasteiger partial charge is 0.255 e. The van der Waals surface area contributed by atoms with Gasteiger partial charge in [0.2, 0.25) is 5.91 Å². The van der Waals surface area contributed by atoms with Crippen molar-refractivity contribution < 1.29 is 14.0 Å². The summed E-state index contributed by atoms with van der Waals surface area (Å²) >= 11 is 9.19. The summed E-state index contributed by atoms with van der Waals surface area (Å²) in [6.07, 6.45) is 0. The molecule has 0 fully saturated rings. The lowest BCUT2D eigenvalue weighted by Gasteiger charge is -2.18. The fraction of sp³-hybridized carbons (Fsp3) is 0.125. The van der Waals surface area contributed by atoms with Gasteiger partial charge in [-0.15, -0.1) is 0 Å². The molecule has 23 heavy (non-hydrogen) atoms. The zero-order valence-corrected chi connectivity index (χ0v) is 14.5. The van der Waals surface area contributed by atoms with Gasteiger partial charge >= 0.3 is 0 Å². The van der Waals surface area contributed by atoms with E-state index in [1.54, 1.807) is 18.2 Å². The molecule has 0 radical (unpaired) electrons. The van der Waals surface area contributed by atoms with Gasteiger partial charge in [0.05, 0.1) is 22.8 Å². The minimum atomic E-state index is -0.527. The molecule has 0 aromatic heterocycles. The number of nitrogens with one attached hydrogen (secondary N) is 1. The van der Waals surface area contributed by atoms with Crippen LogP contribution in [0.1, 0.15) is 10.4 Å². The van der Waals surface area contributed by atoms with Crippen molar-refractivity contribution in [1.82, 2.24) is 4.90 Å². The van der Waals surface area contributed by atoms with E-state index in [9.17, 15) is 14.0 Å². The van der Waals surface area contributed by atoms with Crippen LogP contribution in [0.5, 0.6) is 0 Å². The predicted molar refractivity (Wildman–Crippen MR) is 91.1 cm³/mol. The number of amides is 2. The third-order valence-corrected chi connectivity index (χ3v) is 4.04. The quantitative estimate of drug-likeness (QED) is 0.846. The van der Waals surface area contributed by atoms with Crippen LogP contribution in [0.3, 0.4) is 0 Å². The molecule has 2 amide bonds. The van der Waals surface area contributed by atoms with E-state index in [1.807, 2.05) is 6.07 Å². The minimum absolute atomic E-state index is 0.00746. The second-order valence-corrected chi connectivity index (χ2v) is 6.07. The third kappa shape index (κ3) is 4.53. The van der Waals surface area contributed by atoms with Gasteiger partial charge in [0.25, 0.3) is 5.91 Å². The molecule has 4 nitrogen and oxygen atoms in total. The van der Waals surface area contributed by atoms with Crippen LogP contribution in [0, 0.1) is 5.82 Å². The summed E-state index contributed by atoms with van der Waals surface area (Å²) in [6.45, 7) is -0.159.